The lowest BCUT2D eigenvalue weighted by molar-refractivity contribution is 0.0872. The number of benzene rings is 2. The predicted octanol–water partition coefficient (Wildman–Crippen LogP) is 6.09. The molecule has 1 heterocycles. The number of hydrogen-bond acceptors (Lipinski definition) is 3. The molecule has 0 bridgehead atoms. The zero-order valence-electron chi connectivity index (χ0n) is 19.5. The SMILES string of the molecule is Cc1cc(Oc2cccc(C3CCC3)c2)ccc1C(=O)NC1CC(C)(C)NC(C)(C)C1. The second kappa shape index (κ2) is 8.31. The number of amides is 1. The molecule has 0 spiro atoms. The number of nitrogens with one attached hydrogen (secondary N) is 2. The van der Waals surface area contributed by atoms with E-state index in [2.05, 4.69) is 56.5 Å². The molecule has 4 rings (SSSR count). The van der Waals surface area contributed by atoms with Crippen molar-refractivity contribution in [3.63, 3.8) is 0 Å². The third-order valence-electron chi connectivity index (χ3n) is 6.64. The molecule has 166 valence electrons. The lowest BCUT2D eigenvalue weighted by Gasteiger charge is -2.46. The van der Waals surface area contributed by atoms with Crippen molar-refractivity contribution in [1.82, 2.24) is 10.6 Å². The van der Waals surface area contributed by atoms with Crippen LogP contribution in [-0.4, -0.2) is 23.0 Å². The van der Waals surface area contributed by atoms with Gasteiger partial charge in [0.15, 0.2) is 0 Å². The number of carbonyl (C=O) groups excluding carboxylic acids is 1. The zero-order chi connectivity index (χ0) is 22.2. The summed E-state index contributed by atoms with van der Waals surface area (Å²) in [4.78, 5) is 13.0. The molecule has 1 saturated carbocycles. The van der Waals surface area contributed by atoms with Crippen molar-refractivity contribution in [3.05, 3.63) is 59.2 Å². The topological polar surface area (TPSA) is 50.4 Å². The van der Waals surface area contributed by atoms with E-state index < -0.39 is 0 Å². The van der Waals surface area contributed by atoms with Crippen molar-refractivity contribution in [3.8, 4) is 11.5 Å². The van der Waals surface area contributed by atoms with Gasteiger partial charge in [-0.2, -0.15) is 0 Å². The standard InChI is InChI=1S/C27H36N2O2/c1-18-14-23(31-22-11-7-10-20(15-22)19-8-6-9-19)12-13-24(18)25(30)28-21-16-26(2,3)29-27(4,5)17-21/h7,10-15,19,21,29H,6,8-9,16-17H2,1-5H3,(H,28,30). The Morgan fingerprint density at radius 1 is 1.00 bits per heavy atom. The van der Waals surface area contributed by atoms with Crippen molar-refractivity contribution in [2.24, 2.45) is 0 Å². The number of hydrogen-bond donors (Lipinski definition) is 2. The molecule has 2 aromatic rings. The molecule has 0 radical (unpaired) electrons. The molecule has 4 nitrogen and oxygen atoms in total. The molecule has 0 unspecified atom stereocenters. The summed E-state index contributed by atoms with van der Waals surface area (Å²) in [5, 5.41) is 6.94. The van der Waals surface area contributed by atoms with Crippen LogP contribution in [0, 0.1) is 6.92 Å². The van der Waals surface area contributed by atoms with Gasteiger partial charge in [0.1, 0.15) is 11.5 Å². The van der Waals surface area contributed by atoms with Gasteiger partial charge in [-0.15, -0.1) is 0 Å². The van der Waals surface area contributed by atoms with E-state index in [1.54, 1.807) is 0 Å². The molecule has 31 heavy (non-hydrogen) atoms. The van der Waals surface area contributed by atoms with Crippen LogP contribution >= 0.6 is 0 Å². The number of piperidine rings is 1. The molecular weight excluding hydrogens is 384 g/mol. The maximum atomic E-state index is 13.0. The fourth-order valence-corrected chi connectivity index (χ4v) is 5.35. The number of ether oxygens (including phenoxy) is 1. The molecule has 2 fully saturated rings. The van der Waals surface area contributed by atoms with Gasteiger partial charge in [-0.1, -0.05) is 18.6 Å². The highest BCUT2D eigenvalue weighted by molar-refractivity contribution is 5.96. The van der Waals surface area contributed by atoms with Gasteiger partial charge in [0.2, 0.25) is 0 Å². The summed E-state index contributed by atoms with van der Waals surface area (Å²) in [5.74, 6) is 2.31. The van der Waals surface area contributed by atoms with E-state index in [0.717, 1.165) is 29.9 Å². The molecule has 1 aliphatic heterocycles. The van der Waals surface area contributed by atoms with E-state index >= 15 is 0 Å². The Morgan fingerprint density at radius 3 is 2.29 bits per heavy atom. The number of carbonyl (C=O) groups is 1. The highest BCUT2D eigenvalue weighted by Crippen LogP contribution is 2.38. The minimum absolute atomic E-state index is 0.000454. The van der Waals surface area contributed by atoms with Gasteiger partial charge in [0.05, 0.1) is 0 Å². The number of rotatable bonds is 5. The molecule has 1 saturated heterocycles. The summed E-state index contributed by atoms with van der Waals surface area (Å²) in [5.41, 5.74) is 3.01. The van der Waals surface area contributed by atoms with Crippen LogP contribution < -0.4 is 15.4 Å². The van der Waals surface area contributed by atoms with Crippen LogP contribution in [0.1, 0.15) is 87.2 Å². The van der Waals surface area contributed by atoms with E-state index in [0.29, 0.717) is 11.5 Å². The van der Waals surface area contributed by atoms with Crippen molar-refractivity contribution < 1.29 is 9.53 Å². The third-order valence-corrected chi connectivity index (χ3v) is 6.64. The summed E-state index contributed by atoms with van der Waals surface area (Å²) in [6.45, 7) is 10.8. The first-order valence-corrected chi connectivity index (χ1v) is 11.6. The average Bonchev–Trinajstić information content (AvgIpc) is 2.57. The molecule has 1 amide bonds. The van der Waals surface area contributed by atoms with E-state index in [1.807, 2.05) is 31.2 Å². The van der Waals surface area contributed by atoms with Crippen LogP contribution in [0.2, 0.25) is 0 Å². The smallest absolute Gasteiger partial charge is 0.251 e. The fraction of sp³-hybridized carbons (Fsp3) is 0.519. The lowest BCUT2D eigenvalue weighted by Crippen LogP contribution is -2.62. The lowest BCUT2D eigenvalue weighted by atomic mass is 9.79. The Labute approximate surface area is 186 Å². The Bertz CT molecular complexity index is 943. The van der Waals surface area contributed by atoms with Gasteiger partial charge in [0.25, 0.3) is 5.91 Å². The largest absolute Gasteiger partial charge is 0.457 e. The summed E-state index contributed by atoms with van der Waals surface area (Å²) in [6.07, 6.45) is 5.71. The zero-order valence-corrected chi connectivity index (χ0v) is 19.5. The predicted molar refractivity (Wildman–Crippen MR) is 126 cm³/mol. The summed E-state index contributed by atoms with van der Waals surface area (Å²) < 4.78 is 6.12. The summed E-state index contributed by atoms with van der Waals surface area (Å²) >= 11 is 0. The normalized spacial score (nSPS) is 20.7. The Morgan fingerprint density at radius 2 is 1.68 bits per heavy atom. The van der Waals surface area contributed by atoms with Crippen LogP contribution in [-0.2, 0) is 0 Å². The first-order valence-electron chi connectivity index (χ1n) is 11.6. The maximum absolute atomic E-state index is 13.0. The third kappa shape index (κ3) is 5.30. The summed E-state index contributed by atoms with van der Waals surface area (Å²) in [7, 11) is 0. The maximum Gasteiger partial charge on any atom is 0.251 e. The van der Waals surface area contributed by atoms with Crippen LogP contribution in [0.25, 0.3) is 0 Å². The van der Waals surface area contributed by atoms with Crippen molar-refractivity contribution in [2.75, 3.05) is 0 Å². The van der Waals surface area contributed by atoms with E-state index in [9.17, 15) is 4.79 Å². The van der Waals surface area contributed by atoms with E-state index in [-0.39, 0.29) is 23.0 Å². The Kier molecular flexibility index (Phi) is 5.87. The van der Waals surface area contributed by atoms with Crippen molar-refractivity contribution >= 4 is 5.91 Å². The quantitative estimate of drug-likeness (QED) is 0.615. The second-order valence-electron chi connectivity index (χ2n) is 10.8. The van der Waals surface area contributed by atoms with Crippen molar-refractivity contribution in [2.45, 2.75) is 89.8 Å². The van der Waals surface area contributed by atoms with Gasteiger partial charge in [-0.05, 0) is 108 Å². The van der Waals surface area contributed by atoms with Crippen LogP contribution in [0.15, 0.2) is 42.5 Å². The molecule has 2 aromatic carbocycles. The van der Waals surface area contributed by atoms with Crippen LogP contribution in [0.4, 0.5) is 0 Å². The van der Waals surface area contributed by atoms with Gasteiger partial charge in [-0.25, -0.2) is 0 Å². The van der Waals surface area contributed by atoms with Crippen LogP contribution in [0.5, 0.6) is 11.5 Å². The fourth-order valence-electron chi connectivity index (χ4n) is 5.35. The van der Waals surface area contributed by atoms with Gasteiger partial charge >= 0.3 is 0 Å². The molecule has 2 N–H and O–H groups in total. The highest BCUT2D eigenvalue weighted by atomic mass is 16.5. The van der Waals surface area contributed by atoms with E-state index in [4.69, 9.17) is 4.74 Å². The monoisotopic (exact) mass is 420 g/mol. The number of aryl methyl sites for hydroxylation is 1. The molecule has 0 aromatic heterocycles. The molecule has 0 atom stereocenters. The Hall–Kier alpha value is -2.33. The molecular formula is C27H36N2O2. The Balaban J connectivity index is 1.43. The van der Waals surface area contributed by atoms with Gasteiger partial charge in [-0.3, -0.25) is 4.79 Å². The van der Waals surface area contributed by atoms with Crippen LogP contribution in [0.3, 0.4) is 0 Å². The van der Waals surface area contributed by atoms with Crippen molar-refractivity contribution in [1.29, 1.82) is 0 Å². The molecule has 1 aliphatic carbocycles. The van der Waals surface area contributed by atoms with Gasteiger partial charge in [0, 0.05) is 22.7 Å². The molecule has 2 aliphatic rings. The second-order valence-corrected chi connectivity index (χ2v) is 10.8. The first-order chi connectivity index (χ1) is 14.6. The highest BCUT2D eigenvalue weighted by Gasteiger charge is 2.38. The first kappa shape index (κ1) is 21.9. The minimum atomic E-state index is -0.00506. The van der Waals surface area contributed by atoms with E-state index in [1.165, 1.54) is 24.8 Å². The summed E-state index contributed by atoms with van der Waals surface area (Å²) in [6, 6.07) is 14.3. The average molecular weight is 421 g/mol. The van der Waals surface area contributed by atoms with Gasteiger partial charge < -0.3 is 15.4 Å². The molecule has 4 heteroatoms. The minimum Gasteiger partial charge on any atom is -0.457 e.